The van der Waals surface area contributed by atoms with Crippen LogP contribution in [0.3, 0.4) is 0 Å². The van der Waals surface area contributed by atoms with Crippen LogP contribution in [0.25, 0.3) is 0 Å². The van der Waals surface area contributed by atoms with E-state index >= 15 is 0 Å². The Hall–Kier alpha value is -3.93. The molecule has 0 saturated carbocycles. The third-order valence-corrected chi connectivity index (χ3v) is 5.69. The average Bonchev–Trinajstić information content (AvgIpc) is 2.89. The van der Waals surface area contributed by atoms with Crippen molar-refractivity contribution in [2.45, 2.75) is 12.2 Å². The van der Waals surface area contributed by atoms with E-state index in [2.05, 4.69) is 10.5 Å². The zero-order chi connectivity index (χ0) is 23.8. The van der Waals surface area contributed by atoms with E-state index in [1.54, 1.807) is 48.5 Å². The van der Waals surface area contributed by atoms with E-state index in [4.69, 9.17) is 16.3 Å². The van der Waals surface area contributed by atoms with E-state index in [0.29, 0.717) is 28.5 Å². The SMILES string of the molecule is O=C(N/N=C/c1ccc(OCc2ccccc2Cl)cc1)C(O)(c1ccccc1)c1ccccc1. The smallest absolute Gasteiger partial charge is 0.281 e. The average molecular weight is 471 g/mol. The molecule has 0 aliphatic carbocycles. The van der Waals surface area contributed by atoms with Gasteiger partial charge in [-0.25, -0.2) is 5.43 Å². The molecule has 0 heterocycles. The highest BCUT2D eigenvalue weighted by Gasteiger charge is 2.39. The molecule has 0 aliphatic rings. The molecule has 5 nitrogen and oxygen atoms in total. The lowest BCUT2D eigenvalue weighted by molar-refractivity contribution is -0.136. The first-order valence-corrected chi connectivity index (χ1v) is 11.1. The van der Waals surface area contributed by atoms with Gasteiger partial charge >= 0.3 is 0 Å². The predicted octanol–water partition coefficient (Wildman–Crippen LogP) is 5.31. The zero-order valence-electron chi connectivity index (χ0n) is 18.3. The van der Waals surface area contributed by atoms with E-state index in [-0.39, 0.29) is 0 Å². The Bertz CT molecular complexity index is 1220. The van der Waals surface area contributed by atoms with Crippen LogP contribution in [0.5, 0.6) is 5.75 Å². The molecular weight excluding hydrogens is 448 g/mol. The molecule has 0 radical (unpaired) electrons. The summed E-state index contributed by atoms with van der Waals surface area (Å²) in [6.07, 6.45) is 1.51. The van der Waals surface area contributed by atoms with Gasteiger partial charge in [0.25, 0.3) is 5.91 Å². The molecule has 0 aliphatic heterocycles. The molecule has 4 rings (SSSR count). The summed E-state index contributed by atoms with van der Waals surface area (Å²) in [6.45, 7) is 0.362. The van der Waals surface area contributed by atoms with Gasteiger partial charge in [0.05, 0.1) is 6.21 Å². The van der Waals surface area contributed by atoms with Crippen molar-refractivity contribution in [3.8, 4) is 5.75 Å². The van der Waals surface area contributed by atoms with Gasteiger partial charge in [0.1, 0.15) is 12.4 Å². The van der Waals surface area contributed by atoms with Crippen molar-refractivity contribution in [2.24, 2.45) is 5.10 Å². The number of carbonyl (C=O) groups excluding carboxylic acids is 1. The monoisotopic (exact) mass is 470 g/mol. The van der Waals surface area contributed by atoms with Gasteiger partial charge in [-0.1, -0.05) is 90.5 Å². The normalized spacial score (nSPS) is 11.4. The number of hydrogen-bond donors (Lipinski definition) is 2. The molecule has 1 amide bonds. The van der Waals surface area contributed by atoms with Gasteiger partial charge in [-0.15, -0.1) is 0 Å². The highest BCUT2D eigenvalue weighted by Crippen LogP contribution is 2.29. The number of nitrogens with zero attached hydrogens (tertiary/aromatic N) is 1. The van der Waals surface area contributed by atoms with Crippen molar-refractivity contribution in [3.05, 3.63) is 136 Å². The second kappa shape index (κ2) is 10.8. The number of halogens is 1. The van der Waals surface area contributed by atoms with Crippen molar-refractivity contribution < 1.29 is 14.6 Å². The number of ether oxygens (including phenoxy) is 1. The molecule has 0 atom stereocenters. The first-order chi connectivity index (χ1) is 16.6. The Morgan fingerprint density at radius 2 is 1.41 bits per heavy atom. The second-order valence-corrected chi connectivity index (χ2v) is 8.00. The van der Waals surface area contributed by atoms with Crippen molar-refractivity contribution >= 4 is 23.7 Å². The summed E-state index contributed by atoms with van der Waals surface area (Å²) in [5, 5.41) is 16.1. The second-order valence-electron chi connectivity index (χ2n) is 7.59. The Kier molecular flexibility index (Phi) is 7.38. The third-order valence-electron chi connectivity index (χ3n) is 5.32. The molecule has 34 heavy (non-hydrogen) atoms. The molecule has 0 saturated heterocycles. The van der Waals surface area contributed by atoms with Crippen molar-refractivity contribution in [2.75, 3.05) is 0 Å². The van der Waals surface area contributed by atoms with Gasteiger partial charge in [-0.3, -0.25) is 4.79 Å². The predicted molar refractivity (Wildman–Crippen MR) is 134 cm³/mol. The maximum absolute atomic E-state index is 13.1. The summed E-state index contributed by atoms with van der Waals surface area (Å²) >= 11 is 6.16. The lowest BCUT2D eigenvalue weighted by atomic mass is 9.85. The molecule has 0 fully saturated rings. The number of aliphatic hydroxyl groups is 1. The zero-order valence-corrected chi connectivity index (χ0v) is 19.0. The van der Waals surface area contributed by atoms with Crippen LogP contribution in [0.15, 0.2) is 114 Å². The fourth-order valence-electron chi connectivity index (χ4n) is 3.46. The van der Waals surface area contributed by atoms with Crippen LogP contribution < -0.4 is 10.2 Å². The van der Waals surface area contributed by atoms with E-state index < -0.39 is 11.5 Å². The Morgan fingerprint density at radius 3 is 2.00 bits per heavy atom. The number of benzene rings is 4. The number of hydrazone groups is 1. The topological polar surface area (TPSA) is 70.9 Å². The molecule has 0 unspecified atom stereocenters. The van der Waals surface area contributed by atoms with E-state index in [9.17, 15) is 9.90 Å². The highest BCUT2D eigenvalue weighted by molar-refractivity contribution is 6.31. The third kappa shape index (κ3) is 5.34. The summed E-state index contributed by atoms with van der Waals surface area (Å²) in [4.78, 5) is 13.1. The van der Waals surface area contributed by atoms with Crippen LogP contribution in [0.2, 0.25) is 5.02 Å². The van der Waals surface area contributed by atoms with E-state index in [1.165, 1.54) is 6.21 Å². The molecule has 170 valence electrons. The van der Waals surface area contributed by atoms with E-state index in [1.807, 2.05) is 60.7 Å². The van der Waals surface area contributed by atoms with Gasteiger partial charge in [0, 0.05) is 10.6 Å². The minimum Gasteiger partial charge on any atom is -0.489 e. The van der Waals surface area contributed by atoms with Crippen LogP contribution >= 0.6 is 11.6 Å². The van der Waals surface area contributed by atoms with Gasteiger partial charge < -0.3 is 9.84 Å². The Labute approximate surface area is 203 Å². The molecule has 0 aromatic heterocycles. The van der Waals surface area contributed by atoms with Crippen molar-refractivity contribution in [1.82, 2.24) is 5.43 Å². The molecule has 6 heteroatoms. The van der Waals surface area contributed by atoms with Crippen molar-refractivity contribution in [1.29, 1.82) is 0 Å². The minimum atomic E-state index is -1.88. The largest absolute Gasteiger partial charge is 0.489 e. The maximum Gasteiger partial charge on any atom is 0.281 e. The van der Waals surface area contributed by atoms with Gasteiger partial charge in [0.15, 0.2) is 5.60 Å². The molecular formula is C28H23ClN2O3. The van der Waals surface area contributed by atoms with Crippen LogP contribution in [0, 0.1) is 0 Å². The van der Waals surface area contributed by atoms with Gasteiger partial charge in [0.2, 0.25) is 0 Å². The van der Waals surface area contributed by atoms with Crippen LogP contribution in [-0.4, -0.2) is 17.2 Å². The van der Waals surface area contributed by atoms with Crippen LogP contribution in [0.1, 0.15) is 22.3 Å². The fraction of sp³-hybridized carbons (Fsp3) is 0.0714. The van der Waals surface area contributed by atoms with Crippen LogP contribution in [-0.2, 0) is 17.0 Å². The standard InChI is InChI=1S/C28H23ClN2O3/c29-26-14-8-7-9-22(26)20-34-25-17-15-21(16-18-25)19-30-31-27(32)28(33,23-10-3-1-4-11-23)24-12-5-2-6-13-24/h1-19,33H,20H2,(H,31,32)/b30-19+. The Balaban J connectivity index is 1.42. The fourth-order valence-corrected chi connectivity index (χ4v) is 3.65. The number of carbonyl (C=O) groups is 1. The quantitative estimate of drug-likeness (QED) is 0.271. The molecule has 4 aromatic rings. The summed E-state index contributed by atoms with van der Waals surface area (Å²) in [5.74, 6) is 0.0319. The molecule has 2 N–H and O–H groups in total. The molecule has 4 aromatic carbocycles. The number of amides is 1. The molecule has 0 bridgehead atoms. The van der Waals surface area contributed by atoms with Gasteiger partial charge in [-0.2, -0.15) is 5.10 Å². The minimum absolute atomic E-state index is 0.362. The maximum atomic E-state index is 13.1. The first-order valence-electron chi connectivity index (χ1n) is 10.7. The summed E-state index contributed by atoms with van der Waals surface area (Å²) in [7, 11) is 0. The van der Waals surface area contributed by atoms with Crippen molar-refractivity contribution in [3.63, 3.8) is 0 Å². The lowest BCUT2D eigenvalue weighted by Gasteiger charge is -2.27. The summed E-state index contributed by atoms with van der Waals surface area (Å²) in [5.41, 5.74) is 3.16. The van der Waals surface area contributed by atoms with Gasteiger partial charge in [-0.05, 0) is 47.0 Å². The highest BCUT2D eigenvalue weighted by atomic mass is 35.5. The Morgan fingerprint density at radius 1 is 0.853 bits per heavy atom. The first kappa shape index (κ1) is 23.2. The summed E-state index contributed by atoms with van der Waals surface area (Å²) in [6, 6.07) is 32.3. The number of rotatable bonds is 8. The lowest BCUT2D eigenvalue weighted by Crippen LogP contribution is -2.43. The number of nitrogens with one attached hydrogen (secondary N) is 1. The van der Waals surface area contributed by atoms with E-state index in [0.717, 1.165) is 11.1 Å². The number of hydrogen-bond acceptors (Lipinski definition) is 4. The molecule has 0 spiro atoms. The summed E-state index contributed by atoms with van der Waals surface area (Å²) < 4.78 is 5.78. The van der Waals surface area contributed by atoms with Crippen LogP contribution in [0.4, 0.5) is 0 Å².